The van der Waals surface area contributed by atoms with E-state index in [2.05, 4.69) is 67.5 Å². The van der Waals surface area contributed by atoms with Crippen molar-refractivity contribution in [2.24, 2.45) is 7.05 Å². The van der Waals surface area contributed by atoms with E-state index in [1.54, 1.807) is 0 Å². The van der Waals surface area contributed by atoms with Crippen molar-refractivity contribution in [1.29, 1.82) is 0 Å². The Bertz CT molecular complexity index is 1570. The first kappa shape index (κ1) is 24.2. The minimum absolute atomic E-state index is 0.604. The van der Waals surface area contributed by atoms with E-state index in [1.807, 2.05) is 39.7 Å². The van der Waals surface area contributed by atoms with E-state index in [0.29, 0.717) is 6.42 Å². The van der Waals surface area contributed by atoms with Gasteiger partial charge in [-0.25, -0.2) is 9.97 Å². The zero-order chi connectivity index (χ0) is 26.2. The number of nitrogens with zero attached hydrogens (tertiary/aromatic N) is 9. The van der Waals surface area contributed by atoms with Crippen LogP contribution in [0.3, 0.4) is 0 Å². The Hall–Kier alpha value is -4.11. The Labute approximate surface area is 222 Å². The second-order valence-corrected chi connectivity index (χ2v) is 10.2. The number of hydrogen-bond donors (Lipinski definition) is 0. The van der Waals surface area contributed by atoms with E-state index in [9.17, 15) is 0 Å². The van der Waals surface area contributed by atoms with Gasteiger partial charge in [0.15, 0.2) is 0 Å². The first-order chi connectivity index (χ1) is 18.5. The third kappa shape index (κ3) is 4.65. The zero-order valence-electron chi connectivity index (χ0n) is 22.5. The molecule has 0 atom stereocenters. The fraction of sp³-hybridized carbons (Fsp3) is 0.345. The summed E-state index contributed by atoms with van der Waals surface area (Å²) in [4.78, 5) is 11.9. The first-order valence-electron chi connectivity index (χ1n) is 13.2. The van der Waals surface area contributed by atoms with Crippen LogP contribution in [0.15, 0.2) is 55.1 Å². The molecule has 0 fully saturated rings. The summed E-state index contributed by atoms with van der Waals surface area (Å²) in [6.45, 7) is 4.77. The predicted octanol–water partition coefficient (Wildman–Crippen LogP) is 3.88. The Kier molecular flexibility index (Phi) is 6.37. The van der Waals surface area contributed by atoms with Crippen LogP contribution in [0.25, 0.3) is 33.6 Å². The first-order valence-corrected chi connectivity index (χ1v) is 13.2. The Morgan fingerprint density at radius 1 is 0.921 bits per heavy atom. The molecule has 0 unspecified atom stereocenters. The lowest BCUT2D eigenvalue weighted by Crippen LogP contribution is -2.18. The molecule has 194 valence electrons. The number of benzene rings is 1. The molecule has 38 heavy (non-hydrogen) atoms. The molecule has 0 bridgehead atoms. The SMILES string of the molecule is CCn1cc(-c2ccc(-c3c4c(nn3C)CCc3cnc(Cc5ccn(CCN(C)C)n5)nc3-4)cc2)cn1. The average Bonchev–Trinajstić information content (AvgIpc) is 3.66. The molecule has 0 radical (unpaired) electrons. The normalized spacial score (nSPS) is 12.7. The number of likely N-dealkylation sites (N-methyl/N-ethyl adjacent to an activating group) is 1. The highest BCUT2D eigenvalue weighted by Crippen LogP contribution is 2.39. The van der Waals surface area contributed by atoms with Gasteiger partial charge in [0.25, 0.3) is 0 Å². The molecular weight excluding hydrogens is 474 g/mol. The van der Waals surface area contributed by atoms with Crippen LogP contribution in [0.2, 0.25) is 0 Å². The molecule has 4 aromatic heterocycles. The summed E-state index contributed by atoms with van der Waals surface area (Å²) >= 11 is 0. The molecule has 0 aliphatic heterocycles. The molecule has 1 aliphatic rings. The average molecular weight is 508 g/mol. The van der Waals surface area contributed by atoms with Crippen molar-refractivity contribution in [1.82, 2.24) is 44.2 Å². The molecule has 6 rings (SSSR count). The highest BCUT2D eigenvalue weighted by atomic mass is 15.3. The largest absolute Gasteiger partial charge is 0.308 e. The third-order valence-electron chi connectivity index (χ3n) is 7.16. The van der Waals surface area contributed by atoms with Gasteiger partial charge in [0.2, 0.25) is 0 Å². The quantitative estimate of drug-likeness (QED) is 0.317. The maximum atomic E-state index is 5.08. The molecule has 0 N–H and O–H groups in total. The van der Waals surface area contributed by atoms with Gasteiger partial charge in [-0.3, -0.25) is 14.0 Å². The van der Waals surface area contributed by atoms with Gasteiger partial charge in [-0.2, -0.15) is 15.3 Å². The topological polar surface area (TPSA) is 82.5 Å². The maximum absolute atomic E-state index is 5.08. The summed E-state index contributed by atoms with van der Waals surface area (Å²) in [5.74, 6) is 0.785. The van der Waals surface area contributed by atoms with Crippen LogP contribution in [0.1, 0.15) is 29.7 Å². The fourth-order valence-corrected chi connectivity index (χ4v) is 5.11. The van der Waals surface area contributed by atoms with Crippen LogP contribution in [-0.2, 0) is 39.4 Å². The maximum Gasteiger partial charge on any atom is 0.134 e. The summed E-state index contributed by atoms with van der Waals surface area (Å²) in [6.07, 6.45) is 10.4. The lowest BCUT2D eigenvalue weighted by atomic mass is 9.91. The van der Waals surface area contributed by atoms with Crippen molar-refractivity contribution in [3.05, 3.63) is 77.9 Å². The zero-order valence-corrected chi connectivity index (χ0v) is 22.5. The van der Waals surface area contributed by atoms with E-state index in [0.717, 1.165) is 83.3 Å². The van der Waals surface area contributed by atoms with Gasteiger partial charge >= 0.3 is 0 Å². The second kappa shape index (κ2) is 9.98. The van der Waals surface area contributed by atoms with Crippen molar-refractivity contribution in [2.45, 2.75) is 39.3 Å². The molecule has 9 nitrogen and oxygen atoms in total. The summed E-state index contributed by atoms with van der Waals surface area (Å²) in [6, 6.07) is 10.7. The van der Waals surface area contributed by atoms with Crippen LogP contribution in [0.4, 0.5) is 0 Å². The van der Waals surface area contributed by atoms with Crippen LogP contribution in [0.5, 0.6) is 0 Å². The molecular formula is C29H33N9. The van der Waals surface area contributed by atoms with Gasteiger partial charge < -0.3 is 4.90 Å². The van der Waals surface area contributed by atoms with Gasteiger partial charge in [-0.15, -0.1) is 0 Å². The van der Waals surface area contributed by atoms with E-state index in [-0.39, 0.29) is 0 Å². The molecule has 9 heteroatoms. The molecule has 4 heterocycles. The van der Waals surface area contributed by atoms with Crippen molar-refractivity contribution < 1.29 is 0 Å². The monoisotopic (exact) mass is 507 g/mol. The summed E-state index contributed by atoms with van der Waals surface area (Å²) < 4.78 is 5.93. The fourth-order valence-electron chi connectivity index (χ4n) is 5.11. The standard InChI is InChI=1S/C29H33N9/c1-5-37-19-23(18-31-37)20-6-8-21(9-7-20)29-27-25(34-36(29)4)11-10-22-17-30-26(32-28(22)27)16-24-12-13-38(33-24)15-14-35(2)3/h6-9,12-13,17-19H,5,10-11,14-16H2,1-4H3. The van der Waals surface area contributed by atoms with Crippen LogP contribution < -0.4 is 0 Å². The lowest BCUT2D eigenvalue weighted by Gasteiger charge is -2.16. The minimum Gasteiger partial charge on any atom is -0.308 e. The van der Waals surface area contributed by atoms with Crippen LogP contribution in [-0.4, -0.2) is 64.8 Å². The number of rotatable bonds is 8. The summed E-state index contributed by atoms with van der Waals surface area (Å²) in [5, 5.41) is 14.0. The van der Waals surface area contributed by atoms with Gasteiger partial charge in [0.05, 0.1) is 41.9 Å². The molecule has 0 amide bonds. The van der Waals surface area contributed by atoms with E-state index < -0.39 is 0 Å². The molecule has 1 aliphatic carbocycles. The second-order valence-electron chi connectivity index (χ2n) is 10.2. The molecule has 0 saturated heterocycles. The molecule has 5 aromatic rings. The summed E-state index contributed by atoms with van der Waals surface area (Å²) in [7, 11) is 6.17. The van der Waals surface area contributed by atoms with Crippen molar-refractivity contribution in [3.8, 4) is 33.6 Å². The smallest absolute Gasteiger partial charge is 0.134 e. The van der Waals surface area contributed by atoms with E-state index in [1.165, 1.54) is 5.56 Å². The number of aromatic nitrogens is 8. The van der Waals surface area contributed by atoms with Crippen LogP contribution >= 0.6 is 0 Å². The van der Waals surface area contributed by atoms with Gasteiger partial charge in [0, 0.05) is 55.4 Å². The Morgan fingerprint density at radius 3 is 2.50 bits per heavy atom. The van der Waals surface area contributed by atoms with Crippen LogP contribution in [0, 0.1) is 0 Å². The predicted molar refractivity (Wildman–Crippen MR) is 148 cm³/mol. The number of aryl methyl sites for hydroxylation is 4. The highest BCUT2D eigenvalue weighted by Gasteiger charge is 2.27. The van der Waals surface area contributed by atoms with Crippen molar-refractivity contribution >= 4 is 0 Å². The Balaban J connectivity index is 1.31. The highest BCUT2D eigenvalue weighted by molar-refractivity contribution is 5.84. The summed E-state index contributed by atoms with van der Waals surface area (Å²) in [5.41, 5.74) is 9.87. The van der Waals surface area contributed by atoms with Gasteiger partial charge in [0.1, 0.15) is 5.82 Å². The van der Waals surface area contributed by atoms with E-state index in [4.69, 9.17) is 20.2 Å². The molecule has 0 spiro atoms. The third-order valence-corrected chi connectivity index (χ3v) is 7.16. The van der Waals surface area contributed by atoms with Gasteiger partial charge in [-0.05, 0) is 51.1 Å². The Morgan fingerprint density at radius 2 is 1.74 bits per heavy atom. The van der Waals surface area contributed by atoms with Crippen molar-refractivity contribution in [2.75, 3.05) is 20.6 Å². The number of fused-ring (bicyclic) bond motifs is 3. The number of hydrogen-bond acceptors (Lipinski definition) is 6. The van der Waals surface area contributed by atoms with Gasteiger partial charge in [-0.1, -0.05) is 24.3 Å². The molecule has 1 aromatic carbocycles. The van der Waals surface area contributed by atoms with E-state index >= 15 is 0 Å². The minimum atomic E-state index is 0.604. The molecule has 0 saturated carbocycles. The van der Waals surface area contributed by atoms with Crippen molar-refractivity contribution in [3.63, 3.8) is 0 Å². The lowest BCUT2D eigenvalue weighted by molar-refractivity contribution is 0.372.